The Morgan fingerprint density at radius 1 is 1.03 bits per heavy atom. The van der Waals surface area contributed by atoms with Crippen LogP contribution in [-0.4, -0.2) is 20.7 Å². The number of anilines is 2. The Balaban J connectivity index is 1.50. The number of thioether (sulfide) groups is 1. The third-order valence-corrected chi connectivity index (χ3v) is 7.07. The predicted octanol–water partition coefficient (Wildman–Crippen LogP) is 6.25. The monoisotopic (exact) mass is 499 g/mol. The number of allylic oxidation sites excluding steroid dienone is 1. The SMILES string of the molecule is CC1=C(C(=O)Nc2ccccc2C)C(c2ccc(C)cc2)n2nc(SCc3ccccc3F)nc2N1. The average molecular weight is 500 g/mol. The van der Waals surface area contributed by atoms with Crippen molar-refractivity contribution in [2.45, 2.75) is 37.7 Å². The molecule has 0 saturated heterocycles. The molecule has 8 heteroatoms. The second kappa shape index (κ2) is 9.99. The summed E-state index contributed by atoms with van der Waals surface area (Å²) in [5.74, 6) is 0.485. The maximum Gasteiger partial charge on any atom is 0.255 e. The van der Waals surface area contributed by atoms with Crippen molar-refractivity contribution in [1.82, 2.24) is 14.8 Å². The van der Waals surface area contributed by atoms with Gasteiger partial charge in [0.2, 0.25) is 11.1 Å². The first kappa shape index (κ1) is 23.8. The Hall–Kier alpha value is -3.91. The minimum atomic E-state index is -0.471. The lowest BCUT2D eigenvalue weighted by Crippen LogP contribution is -2.31. The van der Waals surface area contributed by atoms with Gasteiger partial charge in [0.25, 0.3) is 5.91 Å². The molecule has 1 aliphatic rings. The van der Waals surface area contributed by atoms with Crippen LogP contribution in [0.3, 0.4) is 0 Å². The second-order valence-electron chi connectivity index (χ2n) is 8.79. The van der Waals surface area contributed by atoms with E-state index in [1.165, 1.54) is 17.8 Å². The molecule has 2 heterocycles. The number of hydrogen-bond donors (Lipinski definition) is 2. The van der Waals surface area contributed by atoms with Crippen LogP contribution >= 0.6 is 11.8 Å². The summed E-state index contributed by atoms with van der Waals surface area (Å²) in [6.07, 6.45) is 0. The summed E-state index contributed by atoms with van der Waals surface area (Å²) in [7, 11) is 0. The van der Waals surface area contributed by atoms with Crippen LogP contribution in [0.2, 0.25) is 0 Å². The lowest BCUT2D eigenvalue weighted by atomic mass is 9.94. The fourth-order valence-electron chi connectivity index (χ4n) is 4.20. The topological polar surface area (TPSA) is 71.8 Å². The number of halogens is 1. The number of nitrogens with zero attached hydrogens (tertiary/aromatic N) is 3. The molecule has 0 bridgehead atoms. The van der Waals surface area contributed by atoms with Gasteiger partial charge in [0.15, 0.2) is 0 Å². The number of fused-ring (bicyclic) bond motifs is 1. The van der Waals surface area contributed by atoms with Crippen LogP contribution in [0.25, 0.3) is 0 Å². The second-order valence-corrected chi connectivity index (χ2v) is 9.73. The minimum absolute atomic E-state index is 0.207. The highest BCUT2D eigenvalue weighted by Crippen LogP contribution is 2.37. The summed E-state index contributed by atoms with van der Waals surface area (Å²) >= 11 is 1.35. The van der Waals surface area contributed by atoms with Gasteiger partial charge in [0.1, 0.15) is 11.9 Å². The van der Waals surface area contributed by atoms with Crippen molar-refractivity contribution < 1.29 is 9.18 Å². The van der Waals surface area contributed by atoms with Crippen LogP contribution < -0.4 is 10.6 Å². The molecule has 1 amide bonds. The number of carbonyl (C=O) groups is 1. The number of hydrogen-bond acceptors (Lipinski definition) is 5. The van der Waals surface area contributed by atoms with Crippen molar-refractivity contribution in [2.24, 2.45) is 0 Å². The molecule has 182 valence electrons. The number of amides is 1. The van der Waals surface area contributed by atoms with E-state index in [1.54, 1.807) is 16.8 Å². The maximum atomic E-state index is 14.1. The van der Waals surface area contributed by atoms with Gasteiger partial charge in [0.05, 0.1) is 5.57 Å². The van der Waals surface area contributed by atoms with Gasteiger partial charge in [0, 0.05) is 17.1 Å². The van der Waals surface area contributed by atoms with E-state index in [-0.39, 0.29) is 11.7 Å². The van der Waals surface area contributed by atoms with Crippen molar-refractivity contribution in [1.29, 1.82) is 0 Å². The van der Waals surface area contributed by atoms with Gasteiger partial charge in [-0.25, -0.2) is 9.07 Å². The van der Waals surface area contributed by atoms with Crippen molar-refractivity contribution in [3.63, 3.8) is 0 Å². The average Bonchev–Trinajstić information content (AvgIpc) is 3.27. The number of aromatic nitrogens is 3. The fraction of sp³-hybridized carbons (Fsp3) is 0.179. The number of nitrogens with one attached hydrogen (secondary N) is 2. The van der Waals surface area contributed by atoms with E-state index in [4.69, 9.17) is 5.10 Å². The van der Waals surface area contributed by atoms with Gasteiger partial charge in [-0.1, -0.05) is 78.0 Å². The zero-order chi connectivity index (χ0) is 25.2. The van der Waals surface area contributed by atoms with E-state index < -0.39 is 6.04 Å². The molecule has 0 radical (unpaired) electrons. The third kappa shape index (κ3) is 4.77. The van der Waals surface area contributed by atoms with Gasteiger partial charge in [-0.05, 0) is 49.6 Å². The number of benzene rings is 3. The summed E-state index contributed by atoms with van der Waals surface area (Å²) in [6.45, 7) is 5.86. The molecule has 0 fully saturated rings. The summed E-state index contributed by atoms with van der Waals surface area (Å²) in [5, 5.41) is 11.6. The quantitative estimate of drug-likeness (QED) is 0.307. The smallest absolute Gasteiger partial charge is 0.255 e. The molecule has 0 saturated carbocycles. The molecule has 6 nitrogen and oxygen atoms in total. The van der Waals surface area contributed by atoms with Crippen LogP contribution in [0.1, 0.15) is 35.2 Å². The van der Waals surface area contributed by atoms with E-state index >= 15 is 0 Å². The molecule has 0 spiro atoms. The summed E-state index contributed by atoms with van der Waals surface area (Å²) in [5.41, 5.74) is 5.64. The van der Waals surface area contributed by atoms with E-state index in [2.05, 4.69) is 15.6 Å². The maximum absolute atomic E-state index is 14.1. The van der Waals surface area contributed by atoms with Crippen LogP contribution in [0.5, 0.6) is 0 Å². The number of rotatable bonds is 6. The molecule has 36 heavy (non-hydrogen) atoms. The van der Waals surface area contributed by atoms with Crippen LogP contribution in [0, 0.1) is 19.7 Å². The van der Waals surface area contributed by atoms with Crippen molar-refractivity contribution in [2.75, 3.05) is 10.6 Å². The molecule has 0 aliphatic carbocycles. The Bertz CT molecular complexity index is 1460. The zero-order valence-electron chi connectivity index (χ0n) is 20.2. The predicted molar refractivity (Wildman–Crippen MR) is 141 cm³/mol. The van der Waals surface area contributed by atoms with Crippen LogP contribution in [-0.2, 0) is 10.5 Å². The lowest BCUT2D eigenvalue weighted by molar-refractivity contribution is -0.113. The van der Waals surface area contributed by atoms with Gasteiger partial charge in [-0.2, -0.15) is 4.98 Å². The highest BCUT2D eigenvalue weighted by atomic mass is 32.2. The van der Waals surface area contributed by atoms with Gasteiger partial charge < -0.3 is 10.6 Å². The van der Waals surface area contributed by atoms with Crippen molar-refractivity contribution in [3.8, 4) is 0 Å². The van der Waals surface area contributed by atoms with Crippen molar-refractivity contribution >= 4 is 29.3 Å². The summed E-state index contributed by atoms with van der Waals surface area (Å²) in [4.78, 5) is 18.3. The molecule has 3 aromatic carbocycles. The standard InChI is InChI=1S/C28H26FN5OS/c1-17-12-14-20(15-13-17)25-24(26(35)31-23-11-7-4-8-18(23)2)19(3)30-27-32-28(33-34(25)27)36-16-21-9-5-6-10-22(21)29/h4-15,25H,16H2,1-3H3,(H,31,35)(H,30,32,33). The van der Waals surface area contributed by atoms with E-state index in [9.17, 15) is 9.18 Å². The highest BCUT2D eigenvalue weighted by Gasteiger charge is 2.34. The zero-order valence-corrected chi connectivity index (χ0v) is 21.1. The van der Waals surface area contributed by atoms with Crippen molar-refractivity contribution in [3.05, 3.63) is 112 Å². The summed E-state index contributed by atoms with van der Waals surface area (Å²) < 4.78 is 15.9. The first-order chi connectivity index (χ1) is 17.4. The van der Waals surface area contributed by atoms with E-state index in [1.807, 2.05) is 75.4 Å². The number of para-hydroxylation sites is 1. The Morgan fingerprint density at radius 2 is 1.75 bits per heavy atom. The Morgan fingerprint density at radius 3 is 2.50 bits per heavy atom. The number of carbonyl (C=O) groups excluding carboxylic acids is 1. The molecular weight excluding hydrogens is 473 g/mol. The summed E-state index contributed by atoms with van der Waals surface area (Å²) in [6, 6.07) is 22.0. The Kier molecular flexibility index (Phi) is 6.61. The normalized spacial score (nSPS) is 14.8. The first-order valence-corrected chi connectivity index (χ1v) is 12.6. The molecule has 5 rings (SSSR count). The van der Waals surface area contributed by atoms with E-state index in [0.717, 1.165) is 22.4 Å². The van der Waals surface area contributed by atoms with Crippen LogP contribution in [0.15, 0.2) is 89.2 Å². The Labute approximate surface area is 213 Å². The minimum Gasteiger partial charge on any atom is -0.328 e. The van der Waals surface area contributed by atoms with Crippen LogP contribution in [0.4, 0.5) is 16.0 Å². The largest absolute Gasteiger partial charge is 0.328 e. The highest BCUT2D eigenvalue weighted by molar-refractivity contribution is 7.98. The molecule has 1 atom stereocenters. The van der Waals surface area contributed by atoms with E-state index in [0.29, 0.717) is 33.7 Å². The molecule has 1 aromatic heterocycles. The molecule has 1 aliphatic heterocycles. The molecular formula is C28H26FN5OS. The first-order valence-electron chi connectivity index (χ1n) is 11.6. The molecule has 4 aromatic rings. The number of aryl methyl sites for hydroxylation is 2. The van der Waals surface area contributed by atoms with Gasteiger partial charge in [-0.3, -0.25) is 4.79 Å². The lowest BCUT2D eigenvalue weighted by Gasteiger charge is -2.29. The molecule has 1 unspecified atom stereocenters. The molecule has 2 N–H and O–H groups in total. The third-order valence-electron chi connectivity index (χ3n) is 6.18. The fourth-order valence-corrected chi connectivity index (χ4v) is 5.02. The van der Waals surface area contributed by atoms with Gasteiger partial charge in [-0.15, -0.1) is 5.10 Å². The van der Waals surface area contributed by atoms with Gasteiger partial charge >= 0.3 is 0 Å².